The molecule has 0 fully saturated rings. The van der Waals surface area contributed by atoms with E-state index in [9.17, 15) is 8.42 Å². The fraction of sp³-hybridized carbons (Fsp3) is 0.267. The van der Waals surface area contributed by atoms with Crippen molar-refractivity contribution < 1.29 is 8.42 Å². The SMILES string of the molecule is CCCS(=O)(=O)Nc1ccc(Nc2ccc(Cl)cc2C)cn1. The molecule has 0 bridgehead atoms. The average molecular weight is 340 g/mol. The van der Waals surface area contributed by atoms with Gasteiger partial charge in [0.05, 0.1) is 17.6 Å². The molecule has 2 aromatic rings. The van der Waals surface area contributed by atoms with E-state index in [-0.39, 0.29) is 5.75 Å². The van der Waals surface area contributed by atoms with Crippen LogP contribution in [-0.2, 0) is 10.0 Å². The van der Waals surface area contributed by atoms with Gasteiger partial charge in [0.1, 0.15) is 5.82 Å². The van der Waals surface area contributed by atoms with Crippen molar-refractivity contribution in [3.05, 3.63) is 47.1 Å². The molecule has 5 nitrogen and oxygen atoms in total. The van der Waals surface area contributed by atoms with Gasteiger partial charge >= 0.3 is 0 Å². The van der Waals surface area contributed by atoms with E-state index >= 15 is 0 Å². The maximum absolute atomic E-state index is 11.7. The molecule has 2 N–H and O–H groups in total. The van der Waals surface area contributed by atoms with E-state index in [2.05, 4.69) is 15.0 Å². The summed E-state index contributed by atoms with van der Waals surface area (Å²) in [6.45, 7) is 3.77. The number of hydrogen-bond donors (Lipinski definition) is 2. The third kappa shape index (κ3) is 4.61. The summed E-state index contributed by atoms with van der Waals surface area (Å²) >= 11 is 5.92. The lowest BCUT2D eigenvalue weighted by Gasteiger charge is -2.11. The van der Waals surface area contributed by atoms with E-state index in [1.807, 2.05) is 26.0 Å². The van der Waals surface area contributed by atoms with Gasteiger partial charge in [0.2, 0.25) is 10.0 Å². The summed E-state index contributed by atoms with van der Waals surface area (Å²) in [6.07, 6.45) is 2.14. The molecule has 0 aliphatic rings. The molecule has 0 unspecified atom stereocenters. The zero-order valence-electron chi connectivity index (χ0n) is 12.4. The van der Waals surface area contributed by atoms with Crippen LogP contribution in [0, 0.1) is 6.92 Å². The third-order valence-corrected chi connectivity index (χ3v) is 4.66. The Kier molecular flexibility index (Phi) is 5.26. The van der Waals surface area contributed by atoms with Gasteiger partial charge in [-0.1, -0.05) is 18.5 Å². The molecular weight excluding hydrogens is 322 g/mol. The molecule has 7 heteroatoms. The fourth-order valence-electron chi connectivity index (χ4n) is 1.93. The average Bonchev–Trinajstić information content (AvgIpc) is 2.43. The lowest BCUT2D eigenvalue weighted by atomic mass is 10.2. The highest BCUT2D eigenvalue weighted by Gasteiger charge is 2.09. The number of hydrogen-bond acceptors (Lipinski definition) is 4. The number of sulfonamides is 1. The number of anilines is 3. The van der Waals surface area contributed by atoms with E-state index in [0.717, 1.165) is 16.9 Å². The van der Waals surface area contributed by atoms with Crippen LogP contribution >= 0.6 is 11.6 Å². The molecule has 2 rings (SSSR count). The largest absolute Gasteiger partial charge is 0.354 e. The Balaban J connectivity index is 2.09. The highest BCUT2D eigenvalue weighted by molar-refractivity contribution is 7.92. The highest BCUT2D eigenvalue weighted by Crippen LogP contribution is 2.23. The fourth-order valence-corrected chi connectivity index (χ4v) is 3.24. The van der Waals surface area contributed by atoms with Gasteiger partial charge in [0, 0.05) is 10.7 Å². The summed E-state index contributed by atoms with van der Waals surface area (Å²) in [5.41, 5.74) is 2.70. The summed E-state index contributed by atoms with van der Waals surface area (Å²) in [4.78, 5) is 4.11. The Bertz CT molecular complexity index is 746. The van der Waals surface area contributed by atoms with Crippen LogP contribution in [0.25, 0.3) is 0 Å². The van der Waals surface area contributed by atoms with Crippen molar-refractivity contribution in [1.29, 1.82) is 0 Å². The van der Waals surface area contributed by atoms with Crippen LogP contribution in [0.3, 0.4) is 0 Å². The van der Waals surface area contributed by atoms with Crippen molar-refractivity contribution in [1.82, 2.24) is 4.98 Å². The molecule has 22 heavy (non-hydrogen) atoms. The minimum Gasteiger partial charge on any atom is -0.354 e. The molecule has 0 atom stereocenters. The van der Waals surface area contributed by atoms with Crippen molar-refractivity contribution >= 4 is 38.8 Å². The molecule has 118 valence electrons. The van der Waals surface area contributed by atoms with Crippen molar-refractivity contribution in [2.24, 2.45) is 0 Å². The number of pyridine rings is 1. The quantitative estimate of drug-likeness (QED) is 0.836. The second kappa shape index (κ2) is 6.98. The molecule has 1 heterocycles. The zero-order chi connectivity index (χ0) is 16.2. The second-order valence-electron chi connectivity index (χ2n) is 4.94. The smallest absolute Gasteiger partial charge is 0.233 e. The molecule has 1 aromatic carbocycles. The number of aromatic nitrogens is 1. The van der Waals surface area contributed by atoms with Gasteiger partial charge < -0.3 is 5.32 Å². The van der Waals surface area contributed by atoms with Crippen LogP contribution < -0.4 is 10.0 Å². The molecular formula is C15H18ClN3O2S. The first-order valence-corrected chi connectivity index (χ1v) is 8.92. The van der Waals surface area contributed by atoms with Gasteiger partial charge in [-0.2, -0.15) is 0 Å². The molecule has 1 aromatic heterocycles. The summed E-state index contributed by atoms with van der Waals surface area (Å²) in [5.74, 6) is 0.394. The van der Waals surface area contributed by atoms with E-state index < -0.39 is 10.0 Å². The summed E-state index contributed by atoms with van der Waals surface area (Å²) in [6, 6.07) is 8.95. The summed E-state index contributed by atoms with van der Waals surface area (Å²) in [7, 11) is -3.32. The van der Waals surface area contributed by atoms with E-state index in [1.165, 1.54) is 0 Å². The van der Waals surface area contributed by atoms with Crippen molar-refractivity contribution in [3.8, 4) is 0 Å². The van der Waals surface area contributed by atoms with Gasteiger partial charge in [0.15, 0.2) is 0 Å². The molecule has 0 radical (unpaired) electrons. The standard InChI is InChI=1S/C15H18ClN3O2S/c1-3-8-22(20,21)19-15-7-5-13(10-17-15)18-14-6-4-12(16)9-11(14)2/h4-7,9-10,18H,3,8H2,1-2H3,(H,17,19). The van der Waals surface area contributed by atoms with E-state index in [4.69, 9.17) is 11.6 Å². The number of aryl methyl sites for hydroxylation is 1. The normalized spacial score (nSPS) is 11.2. The Morgan fingerprint density at radius 3 is 2.59 bits per heavy atom. The first-order chi connectivity index (χ1) is 10.4. The van der Waals surface area contributed by atoms with Gasteiger partial charge in [-0.15, -0.1) is 0 Å². The van der Waals surface area contributed by atoms with Gasteiger partial charge in [-0.25, -0.2) is 13.4 Å². The Labute approximate surface area is 135 Å². The lowest BCUT2D eigenvalue weighted by Crippen LogP contribution is -2.16. The maximum Gasteiger partial charge on any atom is 0.233 e. The molecule has 0 saturated carbocycles. The van der Waals surface area contributed by atoms with Crippen molar-refractivity contribution in [2.75, 3.05) is 15.8 Å². The summed E-state index contributed by atoms with van der Waals surface area (Å²) < 4.78 is 25.8. The van der Waals surface area contributed by atoms with Crippen LogP contribution in [0.5, 0.6) is 0 Å². The van der Waals surface area contributed by atoms with Crippen LogP contribution in [0.15, 0.2) is 36.5 Å². The Morgan fingerprint density at radius 2 is 2.00 bits per heavy atom. The van der Waals surface area contributed by atoms with Crippen LogP contribution in [0.2, 0.25) is 5.02 Å². The predicted octanol–water partition coefficient (Wildman–Crippen LogP) is 3.94. The predicted molar refractivity (Wildman–Crippen MR) is 91.4 cm³/mol. The summed E-state index contributed by atoms with van der Waals surface area (Å²) in [5, 5.41) is 3.90. The number of benzene rings is 1. The number of rotatable bonds is 6. The van der Waals surface area contributed by atoms with Crippen LogP contribution in [-0.4, -0.2) is 19.2 Å². The third-order valence-electron chi connectivity index (χ3n) is 2.96. The molecule has 0 spiro atoms. The van der Waals surface area contributed by atoms with Crippen molar-refractivity contribution in [3.63, 3.8) is 0 Å². The first-order valence-electron chi connectivity index (χ1n) is 6.89. The van der Waals surface area contributed by atoms with Gasteiger partial charge in [0.25, 0.3) is 0 Å². The first kappa shape index (κ1) is 16.6. The lowest BCUT2D eigenvalue weighted by molar-refractivity contribution is 0.599. The minimum atomic E-state index is -3.32. The van der Waals surface area contributed by atoms with E-state index in [1.54, 1.807) is 24.4 Å². The molecule has 0 aliphatic heterocycles. The minimum absolute atomic E-state index is 0.0820. The van der Waals surface area contributed by atoms with Crippen LogP contribution in [0.1, 0.15) is 18.9 Å². The zero-order valence-corrected chi connectivity index (χ0v) is 14.0. The molecule has 0 aliphatic carbocycles. The van der Waals surface area contributed by atoms with Gasteiger partial charge in [-0.05, 0) is 49.2 Å². The number of nitrogens with zero attached hydrogens (tertiary/aromatic N) is 1. The number of nitrogens with one attached hydrogen (secondary N) is 2. The Morgan fingerprint density at radius 1 is 1.23 bits per heavy atom. The molecule has 0 saturated heterocycles. The topological polar surface area (TPSA) is 71.1 Å². The molecule has 0 amide bonds. The van der Waals surface area contributed by atoms with Gasteiger partial charge in [-0.3, -0.25) is 4.72 Å². The Hall–Kier alpha value is -1.79. The highest BCUT2D eigenvalue weighted by atomic mass is 35.5. The van der Waals surface area contributed by atoms with Crippen molar-refractivity contribution in [2.45, 2.75) is 20.3 Å². The number of halogens is 1. The monoisotopic (exact) mass is 339 g/mol. The van der Waals surface area contributed by atoms with Crippen LogP contribution in [0.4, 0.5) is 17.2 Å². The maximum atomic E-state index is 11.7. The van der Waals surface area contributed by atoms with E-state index in [0.29, 0.717) is 17.3 Å². The second-order valence-corrected chi connectivity index (χ2v) is 7.22.